The summed E-state index contributed by atoms with van der Waals surface area (Å²) < 4.78 is 45.4. The van der Waals surface area contributed by atoms with Gasteiger partial charge in [-0.15, -0.1) is 0 Å². The first-order valence-electron chi connectivity index (χ1n) is 10.3. The van der Waals surface area contributed by atoms with E-state index in [0.717, 1.165) is 12.8 Å². The van der Waals surface area contributed by atoms with Gasteiger partial charge in [0, 0.05) is 64.6 Å². The highest BCUT2D eigenvalue weighted by Gasteiger charge is 2.43. The molecule has 4 rings (SSSR count). The van der Waals surface area contributed by atoms with Crippen LogP contribution >= 0.6 is 0 Å². The highest BCUT2D eigenvalue weighted by molar-refractivity contribution is 7.89. The van der Waals surface area contributed by atoms with E-state index in [1.165, 1.54) is 16.8 Å². The number of hydrogen-bond donors (Lipinski definition) is 0. The minimum Gasteiger partial charge on any atom is -0.385 e. The first-order chi connectivity index (χ1) is 14.4. The quantitative estimate of drug-likeness (QED) is 0.637. The van der Waals surface area contributed by atoms with Crippen molar-refractivity contribution in [1.29, 1.82) is 0 Å². The number of imidazole rings is 1. The molecule has 10 nitrogen and oxygen atoms in total. The second-order valence-corrected chi connectivity index (χ2v) is 10.0. The summed E-state index contributed by atoms with van der Waals surface area (Å²) in [6.07, 6.45) is 6.71. The molecule has 0 bridgehead atoms. The van der Waals surface area contributed by atoms with Crippen LogP contribution in [0.25, 0.3) is 0 Å². The van der Waals surface area contributed by atoms with Crippen molar-refractivity contribution in [2.24, 2.45) is 7.05 Å². The second kappa shape index (κ2) is 8.74. The monoisotopic (exact) mass is 439 g/mol. The molecule has 0 aromatic carbocycles. The summed E-state index contributed by atoms with van der Waals surface area (Å²) in [5.41, 5.74) is -0.362. The lowest BCUT2D eigenvalue weighted by molar-refractivity contribution is 0.0778. The fraction of sp³-hybridized carbons (Fsp3) is 0.737. The number of methoxy groups -OCH3 is 1. The van der Waals surface area contributed by atoms with Gasteiger partial charge in [0.05, 0.1) is 6.33 Å². The summed E-state index contributed by atoms with van der Waals surface area (Å²) in [6.45, 7) is 2.72. The molecule has 11 heteroatoms. The molecule has 2 aliphatic rings. The van der Waals surface area contributed by atoms with Crippen LogP contribution in [0.5, 0.6) is 0 Å². The zero-order valence-electron chi connectivity index (χ0n) is 17.5. The Bertz CT molecular complexity index is 942. The topological polar surface area (TPSA) is 113 Å². The van der Waals surface area contributed by atoms with Gasteiger partial charge in [0.2, 0.25) is 5.89 Å². The summed E-state index contributed by atoms with van der Waals surface area (Å²) >= 11 is 0. The van der Waals surface area contributed by atoms with Crippen molar-refractivity contribution in [3.63, 3.8) is 0 Å². The molecule has 166 valence electrons. The first-order valence-corrected chi connectivity index (χ1v) is 11.8. The van der Waals surface area contributed by atoms with Crippen molar-refractivity contribution in [3.05, 3.63) is 24.2 Å². The maximum Gasteiger partial charge on any atom is 0.262 e. The molecule has 2 aromatic rings. The first kappa shape index (κ1) is 21.4. The number of aryl methyl sites for hydroxylation is 1. The van der Waals surface area contributed by atoms with Gasteiger partial charge >= 0.3 is 0 Å². The highest BCUT2D eigenvalue weighted by Crippen LogP contribution is 2.39. The number of rotatable bonds is 7. The Kier molecular flexibility index (Phi) is 6.24. The van der Waals surface area contributed by atoms with Gasteiger partial charge in [-0.25, -0.2) is 13.4 Å². The van der Waals surface area contributed by atoms with Crippen molar-refractivity contribution >= 4 is 10.0 Å². The fourth-order valence-corrected chi connectivity index (χ4v) is 5.66. The summed E-state index contributed by atoms with van der Waals surface area (Å²) in [4.78, 5) is 8.78. The molecule has 0 spiro atoms. The average molecular weight is 440 g/mol. The minimum atomic E-state index is -3.61. The van der Waals surface area contributed by atoms with Gasteiger partial charge in [0.25, 0.3) is 10.0 Å². The Morgan fingerprint density at radius 2 is 2.00 bits per heavy atom. The average Bonchev–Trinajstić information content (AvgIpc) is 3.43. The Morgan fingerprint density at radius 3 is 2.63 bits per heavy atom. The zero-order valence-corrected chi connectivity index (χ0v) is 18.3. The third kappa shape index (κ3) is 4.16. The van der Waals surface area contributed by atoms with Crippen LogP contribution in [-0.2, 0) is 32.0 Å². The number of sulfonamides is 1. The minimum absolute atomic E-state index is 0.0794. The molecule has 2 aromatic heterocycles. The van der Waals surface area contributed by atoms with Crippen molar-refractivity contribution in [2.45, 2.75) is 48.5 Å². The molecule has 0 aliphatic carbocycles. The molecular formula is C19H29N5O5S. The third-order valence-electron chi connectivity index (χ3n) is 6.24. The molecular weight excluding hydrogens is 410 g/mol. The molecule has 0 amide bonds. The van der Waals surface area contributed by atoms with Gasteiger partial charge in [-0.1, -0.05) is 5.16 Å². The van der Waals surface area contributed by atoms with Crippen LogP contribution in [0.3, 0.4) is 0 Å². The number of hydrogen-bond acceptors (Lipinski definition) is 8. The maximum absolute atomic E-state index is 12.9. The molecule has 30 heavy (non-hydrogen) atoms. The van der Waals surface area contributed by atoms with Gasteiger partial charge in [-0.2, -0.15) is 9.29 Å². The summed E-state index contributed by atoms with van der Waals surface area (Å²) in [5, 5.41) is 4.40. The molecule has 2 saturated heterocycles. The van der Waals surface area contributed by atoms with E-state index in [4.69, 9.17) is 19.0 Å². The van der Waals surface area contributed by atoms with Crippen LogP contribution < -0.4 is 0 Å². The number of ether oxygens (including phenoxy) is 2. The summed E-state index contributed by atoms with van der Waals surface area (Å²) in [5.74, 6) is 1.55. The Hall–Kier alpha value is -1.82. The van der Waals surface area contributed by atoms with Gasteiger partial charge in [-0.3, -0.25) is 0 Å². The molecule has 0 radical (unpaired) electrons. The summed E-state index contributed by atoms with van der Waals surface area (Å²) in [6, 6.07) is 0. The van der Waals surface area contributed by atoms with Gasteiger partial charge < -0.3 is 18.6 Å². The molecule has 2 fully saturated rings. The maximum atomic E-state index is 12.9. The lowest BCUT2D eigenvalue weighted by Gasteiger charge is -2.38. The van der Waals surface area contributed by atoms with Crippen LogP contribution in [0.1, 0.15) is 49.7 Å². The van der Waals surface area contributed by atoms with E-state index in [9.17, 15) is 8.42 Å². The molecule has 0 saturated carbocycles. The standard InChI is InChI=1S/C19H29N5O5S/c1-23-13-16(20-14-23)30(25,26)24-8-5-19(6-9-24,7-12-27-2)18-21-17(29-22-18)15-3-10-28-11-4-15/h13-15H,3-12H2,1-2H3. The molecule has 2 aliphatic heterocycles. The third-order valence-corrected chi connectivity index (χ3v) is 8.02. The molecule has 4 heterocycles. The Labute approximate surface area is 176 Å². The normalized spacial score (nSPS) is 21.1. The highest BCUT2D eigenvalue weighted by atomic mass is 32.2. The molecule has 0 unspecified atom stereocenters. The largest absolute Gasteiger partial charge is 0.385 e. The molecule has 0 atom stereocenters. The van der Waals surface area contributed by atoms with Crippen LogP contribution in [-0.4, -0.2) is 72.4 Å². The van der Waals surface area contributed by atoms with Crippen LogP contribution in [0.15, 0.2) is 22.1 Å². The van der Waals surface area contributed by atoms with E-state index in [-0.39, 0.29) is 16.4 Å². The number of piperidine rings is 1. The van der Waals surface area contributed by atoms with E-state index >= 15 is 0 Å². The van der Waals surface area contributed by atoms with E-state index < -0.39 is 10.0 Å². The van der Waals surface area contributed by atoms with Crippen molar-refractivity contribution < 1.29 is 22.4 Å². The Balaban J connectivity index is 1.52. The lowest BCUT2D eigenvalue weighted by Crippen LogP contribution is -2.46. The SMILES string of the molecule is COCCC1(c2noc(C3CCOCC3)n2)CCN(S(=O)(=O)c2cn(C)cn2)CC1. The number of nitrogens with zero attached hydrogens (tertiary/aromatic N) is 5. The predicted octanol–water partition coefficient (Wildman–Crippen LogP) is 1.46. The smallest absolute Gasteiger partial charge is 0.262 e. The van der Waals surface area contributed by atoms with Crippen LogP contribution in [0, 0.1) is 0 Å². The summed E-state index contributed by atoms with van der Waals surface area (Å²) in [7, 11) is -0.195. The van der Waals surface area contributed by atoms with Crippen molar-refractivity contribution in [2.75, 3.05) is 40.0 Å². The number of aromatic nitrogens is 4. The zero-order chi connectivity index (χ0) is 21.2. The van der Waals surface area contributed by atoms with E-state index in [2.05, 4.69) is 10.1 Å². The van der Waals surface area contributed by atoms with E-state index in [1.807, 2.05) is 0 Å². The van der Waals surface area contributed by atoms with Gasteiger partial charge in [0.1, 0.15) is 0 Å². The molecule has 0 N–H and O–H groups in total. The van der Waals surface area contributed by atoms with Gasteiger partial charge in [0.15, 0.2) is 10.9 Å². The second-order valence-electron chi connectivity index (χ2n) is 8.15. The van der Waals surface area contributed by atoms with Gasteiger partial charge in [-0.05, 0) is 32.1 Å². The predicted molar refractivity (Wildman–Crippen MR) is 106 cm³/mol. The van der Waals surface area contributed by atoms with Crippen LogP contribution in [0.2, 0.25) is 0 Å². The van der Waals surface area contributed by atoms with E-state index in [1.54, 1.807) is 18.7 Å². The lowest BCUT2D eigenvalue weighted by atomic mass is 9.75. The van der Waals surface area contributed by atoms with Crippen LogP contribution in [0.4, 0.5) is 0 Å². The van der Waals surface area contributed by atoms with E-state index in [0.29, 0.717) is 63.9 Å². The van der Waals surface area contributed by atoms with Crippen molar-refractivity contribution in [3.8, 4) is 0 Å². The fourth-order valence-electron chi connectivity index (χ4n) is 4.25. The van der Waals surface area contributed by atoms with Crippen molar-refractivity contribution in [1.82, 2.24) is 24.0 Å². The Morgan fingerprint density at radius 1 is 1.27 bits per heavy atom.